The Morgan fingerprint density at radius 1 is 1.41 bits per heavy atom. The van der Waals surface area contributed by atoms with Gasteiger partial charge in [-0.2, -0.15) is 0 Å². The summed E-state index contributed by atoms with van der Waals surface area (Å²) in [7, 11) is 1.71. The number of carbonyl (C=O) groups excluding carboxylic acids is 1. The molecule has 0 aliphatic rings. The molecule has 0 heterocycles. The average molecular weight is 255 g/mol. The highest BCUT2D eigenvalue weighted by atomic mass is 32.1. The minimum Gasteiger partial charge on any atom is -0.339 e. The quantitative estimate of drug-likeness (QED) is 0.818. The van der Waals surface area contributed by atoms with Crippen LogP contribution in [0.5, 0.6) is 0 Å². The van der Waals surface area contributed by atoms with Crippen LogP contribution in [-0.4, -0.2) is 23.9 Å². The maximum atomic E-state index is 13.6. The van der Waals surface area contributed by atoms with Crippen molar-refractivity contribution in [2.45, 2.75) is 37.6 Å². The molecule has 0 atom stereocenters. The SMILES string of the molecule is CCC(CC)N(C)C(=O)c1cc(S)ccc1F. The zero-order chi connectivity index (χ0) is 13.0. The van der Waals surface area contributed by atoms with Gasteiger partial charge in [0, 0.05) is 18.0 Å². The van der Waals surface area contributed by atoms with Crippen LogP contribution in [0.25, 0.3) is 0 Å². The Morgan fingerprint density at radius 2 is 2.00 bits per heavy atom. The molecular formula is C13H18FNOS. The van der Waals surface area contributed by atoms with Crippen LogP contribution >= 0.6 is 12.6 Å². The highest BCUT2D eigenvalue weighted by Gasteiger charge is 2.21. The van der Waals surface area contributed by atoms with Crippen molar-refractivity contribution < 1.29 is 9.18 Å². The van der Waals surface area contributed by atoms with Gasteiger partial charge in [0.05, 0.1) is 5.56 Å². The predicted molar refractivity (Wildman–Crippen MR) is 70.1 cm³/mol. The normalized spacial score (nSPS) is 10.7. The summed E-state index contributed by atoms with van der Waals surface area (Å²) in [6.07, 6.45) is 1.72. The van der Waals surface area contributed by atoms with Crippen molar-refractivity contribution in [1.29, 1.82) is 0 Å². The van der Waals surface area contributed by atoms with Gasteiger partial charge in [-0.15, -0.1) is 12.6 Å². The van der Waals surface area contributed by atoms with E-state index in [2.05, 4.69) is 12.6 Å². The van der Waals surface area contributed by atoms with E-state index in [4.69, 9.17) is 0 Å². The van der Waals surface area contributed by atoms with Crippen molar-refractivity contribution in [3.8, 4) is 0 Å². The highest BCUT2D eigenvalue weighted by Crippen LogP contribution is 2.17. The lowest BCUT2D eigenvalue weighted by Gasteiger charge is -2.26. The van der Waals surface area contributed by atoms with E-state index < -0.39 is 5.82 Å². The number of rotatable bonds is 4. The first-order valence-corrected chi connectivity index (χ1v) is 6.21. The van der Waals surface area contributed by atoms with E-state index >= 15 is 0 Å². The molecule has 0 saturated carbocycles. The molecule has 1 aromatic rings. The van der Waals surface area contributed by atoms with Crippen LogP contribution in [0.15, 0.2) is 23.1 Å². The second-order valence-corrected chi connectivity index (χ2v) is 4.57. The van der Waals surface area contributed by atoms with Crippen LogP contribution in [-0.2, 0) is 0 Å². The van der Waals surface area contributed by atoms with Crippen LogP contribution < -0.4 is 0 Å². The maximum absolute atomic E-state index is 13.6. The Labute approximate surface area is 107 Å². The molecule has 0 spiro atoms. The maximum Gasteiger partial charge on any atom is 0.256 e. The third kappa shape index (κ3) is 3.22. The summed E-state index contributed by atoms with van der Waals surface area (Å²) in [5, 5.41) is 0. The molecule has 1 amide bonds. The summed E-state index contributed by atoms with van der Waals surface area (Å²) in [6.45, 7) is 4.03. The van der Waals surface area contributed by atoms with Crippen molar-refractivity contribution >= 4 is 18.5 Å². The fourth-order valence-corrected chi connectivity index (χ4v) is 2.07. The molecule has 0 unspecified atom stereocenters. The van der Waals surface area contributed by atoms with Crippen LogP contribution in [0.3, 0.4) is 0 Å². The first-order valence-electron chi connectivity index (χ1n) is 5.76. The van der Waals surface area contributed by atoms with Crippen LogP contribution in [0.2, 0.25) is 0 Å². The van der Waals surface area contributed by atoms with E-state index in [0.29, 0.717) is 4.90 Å². The van der Waals surface area contributed by atoms with Gasteiger partial charge in [0.1, 0.15) is 5.82 Å². The number of nitrogens with zero attached hydrogens (tertiary/aromatic N) is 1. The van der Waals surface area contributed by atoms with Gasteiger partial charge in [0.15, 0.2) is 0 Å². The van der Waals surface area contributed by atoms with Gasteiger partial charge in [-0.05, 0) is 31.0 Å². The number of thiol groups is 1. The molecule has 1 rings (SSSR count). The van der Waals surface area contributed by atoms with Crippen molar-refractivity contribution in [3.05, 3.63) is 29.6 Å². The number of hydrogen-bond acceptors (Lipinski definition) is 2. The molecule has 0 aliphatic carbocycles. The molecule has 0 fully saturated rings. The van der Waals surface area contributed by atoms with Crippen LogP contribution in [0.4, 0.5) is 4.39 Å². The smallest absolute Gasteiger partial charge is 0.256 e. The Morgan fingerprint density at radius 3 is 2.53 bits per heavy atom. The Bertz CT molecular complexity index is 404. The number of amides is 1. The fourth-order valence-electron chi connectivity index (χ4n) is 1.87. The zero-order valence-corrected chi connectivity index (χ0v) is 11.3. The molecule has 0 radical (unpaired) electrons. The van der Waals surface area contributed by atoms with Crippen molar-refractivity contribution in [2.24, 2.45) is 0 Å². The third-order valence-electron chi connectivity index (χ3n) is 2.99. The van der Waals surface area contributed by atoms with E-state index in [9.17, 15) is 9.18 Å². The minimum absolute atomic E-state index is 0.0897. The molecule has 0 aliphatic heterocycles. The number of benzene rings is 1. The largest absolute Gasteiger partial charge is 0.339 e. The molecule has 0 aromatic heterocycles. The first-order chi connectivity index (χ1) is 8.01. The van der Waals surface area contributed by atoms with Crippen molar-refractivity contribution in [2.75, 3.05) is 7.05 Å². The lowest BCUT2D eigenvalue weighted by Crippen LogP contribution is -2.36. The second kappa shape index (κ2) is 6.05. The minimum atomic E-state index is -0.495. The second-order valence-electron chi connectivity index (χ2n) is 4.05. The van der Waals surface area contributed by atoms with E-state index in [1.807, 2.05) is 13.8 Å². The number of carbonyl (C=O) groups is 1. The Kier molecular flexibility index (Phi) is 5.00. The van der Waals surface area contributed by atoms with Gasteiger partial charge >= 0.3 is 0 Å². The van der Waals surface area contributed by atoms with Gasteiger partial charge in [-0.25, -0.2) is 4.39 Å². The molecule has 0 saturated heterocycles. The molecular weight excluding hydrogens is 237 g/mol. The third-order valence-corrected chi connectivity index (χ3v) is 3.27. The average Bonchev–Trinajstić information content (AvgIpc) is 2.32. The van der Waals surface area contributed by atoms with Gasteiger partial charge in [0.2, 0.25) is 0 Å². The van der Waals surface area contributed by atoms with Gasteiger partial charge in [-0.1, -0.05) is 13.8 Å². The number of hydrogen-bond donors (Lipinski definition) is 1. The Balaban J connectivity index is 2.99. The molecule has 17 heavy (non-hydrogen) atoms. The van der Waals surface area contributed by atoms with Crippen molar-refractivity contribution in [1.82, 2.24) is 4.90 Å². The number of halogens is 1. The van der Waals surface area contributed by atoms with Crippen LogP contribution in [0, 0.1) is 5.82 Å². The molecule has 0 N–H and O–H groups in total. The summed E-state index contributed by atoms with van der Waals surface area (Å²) < 4.78 is 13.6. The van der Waals surface area contributed by atoms with E-state index in [1.54, 1.807) is 11.9 Å². The summed E-state index contributed by atoms with van der Waals surface area (Å²) in [5.41, 5.74) is 0.0897. The molecule has 94 valence electrons. The highest BCUT2D eigenvalue weighted by molar-refractivity contribution is 7.80. The summed E-state index contributed by atoms with van der Waals surface area (Å²) in [4.78, 5) is 14.3. The lowest BCUT2D eigenvalue weighted by atomic mass is 10.1. The molecule has 0 bridgehead atoms. The molecule has 1 aromatic carbocycles. The zero-order valence-electron chi connectivity index (χ0n) is 10.4. The topological polar surface area (TPSA) is 20.3 Å². The van der Waals surface area contributed by atoms with E-state index in [0.717, 1.165) is 12.8 Å². The standard InChI is InChI=1S/C13H18FNOS/c1-4-9(5-2)15(3)13(16)11-8-10(17)6-7-12(11)14/h6-9,17H,4-5H2,1-3H3. The summed E-state index contributed by atoms with van der Waals surface area (Å²) >= 11 is 4.12. The Hall–Kier alpha value is -1.03. The fraction of sp³-hybridized carbons (Fsp3) is 0.462. The summed E-state index contributed by atoms with van der Waals surface area (Å²) in [6, 6.07) is 4.42. The van der Waals surface area contributed by atoms with Gasteiger partial charge in [0.25, 0.3) is 5.91 Å². The summed E-state index contributed by atoms with van der Waals surface area (Å²) in [5.74, 6) is -0.780. The van der Waals surface area contributed by atoms with Crippen LogP contribution in [0.1, 0.15) is 37.0 Å². The molecule has 2 nitrogen and oxygen atoms in total. The predicted octanol–water partition coefficient (Wildman–Crippen LogP) is 3.38. The molecule has 4 heteroatoms. The van der Waals surface area contributed by atoms with Crippen molar-refractivity contribution in [3.63, 3.8) is 0 Å². The van der Waals surface area contributed by atoms with Gasteiger partial charge < -0.3 is 4.90 Å². The van der Waals surface area contributed by atoms with E-state index in [1.165, 1.54) is 18.2 Å². The monoisotopic (exact) mass is 255 g/mol. The first kappa shape index (κ1) is 14.0. The van der Waals surface area contributed by atoms with E-state index in [-0.39, 0.29) is 17.5 Å². The van der Waals surface area contributed by atoms with Gasteiger partial charge in [-0.3, -0.25) is 4.79 Å². The lowest BCUT2D eigenvalue weighted by molar-refractivity contribution is 0.0718.